The van der Waals surface area contributed by atoms with Crippen molar-refractivity contribution in [1.29, 1.82) is 0 Å². The predicted molar refractivity (Wildman–Crippen MR) is 54.8 cm³/mol. The van der Waals surface area contributed by atoms with Gasteiger partial charge in [0.2, 0.25) is 0 Å². The number of anilines is 1. The minimum Gasteiger partial charge on any atom is -0.395 e. The van der Waals surface area contributed by atoms with Gasteiger partial charge in [0.15, 0.2) is 0 Å². The second-order valence-electron chi connectivity index (χ2n) is 2.89. The highest BCUT2D eigenvalue weighted by molar-refractivity contribution is 5.44. The van der Waals surface area contributed by atoms with Crippen LogP contribution >= 0.6 is 0 Å². The predicted octanol–water partition coefficient (Wildman–Crippen LogP) is 0.592. The quantitative estimate of drug-likeness (QED) is 0.621. The molecule has 0 saturated heterocycles. The van der Waals surface area contributed by atoms with E-state index in [9.17, 15) is 0 Å². The number of rotatable bonds is 5. The first-order chi connectivity index (χ1) is 6.36. The lowest BCUT2D eigenvalue weighted by Gasteiger charge is -2.04. The van der Waals surface area contributed by atoms with E-state index < -0.39 is 0 Å². The maximum Gasteiger partial charge on any atom is 0.0604 e. The maximum absolute atomic E-state index is 8.59. The van der Waals surface area contributed by atoms with Crippen LogP contribution in [0.15, 0.2) is 24.3 Å². The third kappa shape index (κ3) is 3.44. The van der Waals surface area contributed by atoms with Crippen LogP contribution in [0.1, 0.15) is 5.56 Å². The van der Waals surface area contributed by atoms with Crippen molar-refractivity contribution in [3.05, 3.63) is 29.8 Å². The van der Waals surface area contributed by atoms with E-state index in [1.54, 1.807) is 0 Å². The maximum atomic E-state index is 8.59. The van der Waals surface area contributed by atoms with Crippen molar-refractivity contribution in [1.82, 2.24) is 0 Å². The molecule has 1 rings (SSSR count). The lowest BCUT2D eigenvalue weighted by Crippen LogP contribution is -2.06. The van der Waals surface area contributed by atoms with Gasteiger partial charge in [-0.05, 0) is 30.7 Å². The summed E-state index contributed by atoms with van der Waals surface area (Å²) < 4.78 is 0. The third-order valence-corrected chi connectivity index (χ3v) is 1.83. The first kappa shape index (κ1) is 10.0. The number of nitrogens with one attached hydrogen (secondary N) is 1. The summed E-state index contributed by atoms with van der Waals surface area (Å²) in [6.45, 7) is 1.43. The molecule has 0 aliphatic rings. The van der Waals surface area contributed by atoms with E-state index in [0.29, 0.717) is 13.1 Å². The molecule has 0 saturated carbocycles. The van der Waals surface area contributed by atoms with Crippen LogP contribution in [0.4, 0.5) is 5.69 Å². The molecule has 1 aromatic carbocycles. The van der Waals surface area contributed by atoms with Crippen LogP contribution in [0.3, 0.4) is 0 Å². The molecule has 0 spiro atoms. The lowest BCUT2D eigenvalue weighted by atomic mass is 10.1. The van der Waals surface area contributed by atoms with Crippen molar-refractivity contribution in [3.8, 4) is 0 Å². The monoisotopic (exact) mass is 180 g/mol. The number of aliphatic hydroxyl groups excluding tert-OH is 1. The van der Waals surface area contributed by atoms with Crippen LogP contribution in [-0.4, -0.2) is 24.8 Å². The number of hydrogen-bond acceptors (Lipinski definition) is 3. The van der Waals surface area contributed by atoms with Gasteiger partial charge in [0, 0.05) is 12.2 Å². The normalized spacial score (nSPS) is 10.0. The van der Waals surface area contributed by atoms with Crippen LogP contribution < -0.4 is 11.1 Å². The van der Waals surface area contributed by atoms with Crippen LogP contribution in [0.2, 0.25) is 0 Å². The van der Waals surface area contributed by atoms with E-state index in [4.69, 9.17) is 10.8 Å². The molecular formula is C10H16N2O. The molecule has 0 aliphatic carbocycles. The zero-order valence-corrected chi connectivity index (χ0v) is 7.66. The van der Waals surface area contributed by atoms with Crippen molar-refractivity contribution in [3.63, 3.8) is 0 Å². The second-order valence-corrected chi connectivity index (χ2v) is 2.89. The van der Waals surface area contributed by atoms with Gasteiger partial charge in [0.25, 0.3) is 0 Å². The van der Waals surface area contributed by atoms with Gasteiger partial charge in [-0.1, -0.05) is 12.1 Å². The zero-order chi connectivity index (χ0) is 9.52. The molecule has 1 aromatic rings. The molecule has 0 bridgehead atoms. The van der Waals surface area contributed by atoms with Crippen molar-refractivity contribution in [2.45, 2.75) is 6.42 Å². The molecule has 0 aliphatic heterocycles. The molecule has 72 valence electrons. The van der Waals surface area contributed by atoms with Crippen molar-refractivity contribution >= 4 is 5.69 Å². The Hall–Kier alpha value is -1.06. The molecule has 0 atom stereocenters. The molecule has 0 fully saturated rings. The van der Waals surface area contributed by atoms with E-state index in [0.717, 1.165) is 12.1 Å². The molecule has 0 radical (unpaired) electrons. The number of nitrogens with two attached hydrogens (primary N) is 1. The second kappa shape index (κ2) is 5.56. The zero-order valence-electron chi connectivity index (χ0n) is 7.66. The minimum atomic E-state index is 0.157. The minimum absolute atomic E-state index is 0.157. The highest BCUT2D eigenvalue weighted by Gasteiger charge is 1.92. The van der Waals surface area contributed by atoms with E-state index in [-0.39, 0.29) is 6.61 Å². The fourth-order valence-corrected chi connectivity index (χ4v) is 1.16. The summed E-state index contributed by atoms with van der Waals surface area (Å²) in [5.74, 6) is 0. The molecule has 0 heterocycles. The molecule has 0 unspecified atom stereocenters. The summed E-state index contributed by atoms with van der Waals surface area (Å²) in [5.41, 5.74) is 7.71. The molecule has 13 heavy (non-hydrogen) atoms. The molecular weight excluding hydrogens is 164 g/mol. The van der Waals surface area contributed by atoms with Crippen LogP contribution in [0.25, 0.3) is 0 Å². The van der Waals surface area contributed by atoms with Gasteiger partial charge in [-0.25, -0.2) is 0 Å². The largest absolute Gasteiger partial charge is 0.395 e. The van der Waals surface area contributed by atoms with Crippen LogP contribution in [-0.2, 0) is 6.42 Å². The Kier molecular flexibility index (Phi) is 4.29. The summed E-state index contributed by atoms with van der Waals surface area (Å²) in [6.07, 6.45) is 0.917. The van der Waals surface area contributed by atoms with E-state index in [1.165, 1.54) is 5.56 Å². The summed E-state index contributed by atoms with van der Waals surface area (Å²) in [4.78, 5) is 0. The first-order valence-electron chi connectivity index (χ1n) is 4.50. The lowest BCUT2D eigenvalue weighted by molar-refractivity contribution is 0.311. The van der Waals surface area contributed by atoms with Crippen LogP contribution in [0, 0.1) is 0 Å². The molecule has 4 N–H and O–H groups in total. The van der Waals surface area contributed by atoms with E-state index in [1.807, 2.05) is 24.3 Å². The Morgan fingerprint density at radius 3 is 2.46 bits per heavy atom. The Morgan fingerprint density at radius 2 is 1.92 bits per heavy atom. The Balaban J connectivity index is 2.48. The average Bonchev–Trinajstić information content (AvgIpc) is 2.17. The van der Waals surface area contributed by atoms with Gasteiger partial charge in [-0.3, -0.25) is 0 Å². The van der Waals surface area contributed by atoms with Crippen molar-refractivity contribution in [2.24, 2.45) is 5.73 Å². The number of aliphatic hydroxyl groups is 1. The molecule has 3 heteroatoms. The van der Waals surface area contributed by atoms with Gasteiger partial charge in [-0.15, -0.1) is 0 Å². The van der Waals surface area contributed by atoms with Gasteiger partial charge < -0.3 is 16.2 Å². The number of benzene rings is 1. The highest BCUT2D eigenvalue weighted by atomic mass is 16.3. The molecule has 0 amide bonds. The average molecular weight is 180 g/mol. The fourth-order valence-electron chi connectivity index (χ4n) is 1.16. The Bertz CT molecular complexity index is 233. The van der Waals surface area contributed by atoms with Crippen molar-refractivity contribution < 1.29 is 5.11 Å². The SMILES string of the molecule is NCCc1ccc(NCCO)cc1. The van der Waals surface area contributed by atoms with Crippen molar-refractivity contribution in [2.75, 3.05) is 25.0 Å². The van der Waals surface area contributed by atoms with E-state index in [2.05, 4.69) is 5.32 Å². The van der Waals surface area contributed by atoms with Gasteiger partial charge >= 0.3 is 0 Å². The Morgan fingerprint density at radius 1 is 1.23 bits per heavy atom. The van der Waals surface area contributed by atoms with E-state index >= 15 is 0 Å². The summed E-state index contributed by atoms with van der Waals surface area (Å²) in [7, 11) is 0. The summed E-state index contributed by atoms with van der Waals surface area (Å²) in [5, 5.41) is 11.7. The fraction of sp³-hybridized carbons (Fsp3) is 0.400. The summed E-state index contributed by atoms with van der Waals surface area (Å²) in [6, 6.07) is 8.10. The topological polar surface area (TPSA) is 58.3 Å². The van der Waals surface area contributed by atoms with Gasteiger partial charge in [0.1, 0.15) is 0 Å². The standard InChI is InChI=1S/C10H16N2O/c11-6-5-9-1-3-10(4-2-9)12-7-8-13/h1-4,12-13H,5-8,11H2. The summed E-state index contributed by atoms with van der Waals surface area (Å²) >= 11 is 0. The van der Waals surface area contributed by atoms with Gasteiger partial charge in [-0.2, -0.15) is 0 Å². The van der Waals surface area contributed by atoms with Gasteiger partial charge in [0.05, 0.1) is 6.61 Å². The highest BCUT2D eigenvalue weighted by Crippen LogP contribution is 2.08. The van der Waals surface area contributed by atoms with Crippen LogP contribution in [0.5, 0.6) is 0 Å². The Labute approximate surface area is 78.6 Å². The molecule has 3 nitrogen and oxygen atoms in total. The number of hydrogen-bond donors (Lipinski definition) is 3. The smallest absolute Gasteiger partial charge is 0.0604 e. The first-order valence-corrected chi connectivity index (χ1v) is 4.50. The molecule has 0 aromatic heterocycles. The third-order valence-electron chi connectivity index (χ3n) is 1.83.